The lowest BCUT2D eigenvalue weighted by molar-refractivity contribution is -0.925. The molecule has 2 aromatic heterocycles. The van der Waals surface area contributed by atoms with Gasteiger partial charge in [0.15, 0.2) is 6.04 Å². The van der Waals surface area contributed by atoms with Gasteiger partial charge in [0.05, 0.1) is 22.0 Å². The Bertz CT molecular complexity index is 788. The zero-order valence-electron chi connectivity index (χ0n) is 12.7. The molecule has 0 amide bonds. The normalized spacial score (nSPS) is 13.9. The van der Waals surface area contributed by atoms with Crippen molar-refractivity contribution in [2.75, 3.05) is 7.05 Å². The highest BCUT2D eigenvalue weighted by Crippen LogP contribution is 2.26. The summed E-state index contributed by atoms with van der Waals surface area (Å²) in [5.41, 5.74) is 1.00. The van der Waals surface area contributed by atoms with Crippen LogP contribution < -0.4 is 4.90 Å². The van der Waals surface area contributed by atoms with Gasteiger partial charge < -0.3 is 9.32 Å². The molecule has 1 N–H and O–H groups in total. The first kappa shape index (κ1) is 16.5. The molecule has 0 aliphatic rings. The minimum Gasteiger partial charge on any atom is -0.414 e. The molecule has 0 aliphatic carbocycles. The fraction of sp³-hybridized carbons (Fsp3) is 0.250. The summed E-state index contributed by atoms with van der Waals surface area (Å²) in [6, 6.07) is 9.66. The first-order valence-corrected chi connectivity index (χ1v) is 8.82. The molecule has 0 bridgehead atoms. The highest BCUT2D eigenvalue weighted by molar-refractivity contribution is 7.13. The van der Waals surface area contributed by atoms with Crippen LogP contribution in [-0.2, 0) is 6.54 Å². The maximum Gasteiger partial charge on any atom is 0.274 e. The van der Waals surface area contributed by atoms with E-state index in [1.54, 1.807) is 17.4 Å². The van der Waals surface area contributed by atoms with Crippen LogP contribution in [0.4, 0.5) is 0 Å². The fourth-order valence-corrected chi connectivity index (χ4v) is 3.29. The van der Waals surface area contributed by atoms with Crippen molar-refractivity contribution in [3.8, 4) is 10.8 Å². The molecule has 2 atom stereocenters. The predicted molar refractivity (Wildman–Crippen MR) is 93.1 cm³/mol. The molecular weight excluding hydrogens is 353 g/mol. The molecular formula is C16H16Cl2N3OS+. The molecule has 7 heteroatoms. The average molecular weight is 369 g/mol. The van der Waals surface area contributed by atoms with Gasteiger partial charge in [0.2, 0.25) is 0 Å². The SMILES string of the molecule is C[C@@H](c1nnc(-c2cccs2)o1)[NH+](C)Cc1cccc(Cl)c1Cl. The Morgan fingerprint density at radius 2 is 2.04 bits per heavy atom. The minimum absolute atomic E-state index is 0.0475. The smallest absolute Gasteiger partial charge is 0.274 e. The summed E-state index contributed by atoms with van der Waals surface area (Å²) in [4.78, 5) is 2.17. The number of aromatic nitrogens is 2. The Hall–Kier alpha value is -1.40. The molecule has 4 nitrogen and oxygen atoms in total. The third-order valence-corrected chi connectivity index (χ3v) is 5.50. The second kappa shape index (κ2) is 7.01. The number of benzene rings is 1. The topological polar surface area (TPSA) is 43.4 Å². The van der Waals surface area contributed by atoms with Gasteiger partial charge in [0, 0.05) is 5.56 Å². The van der Waals surface area contributed by atoms with E-state index in [4.69, 9.17) is 27.6 Å². The summed E-state index contributed by atoms with van der Waals surface area (Å²) in [5.74, 6) is 1.18. The van der Waals surface area contributed by atoms with Crippen molar-refractivity contribution in [3.63, 3.8) is 0 Å². The summed E-state index contributed by atoms with van der Waals surface area (Å²) in [6.07, 6.45) is 0. The highest BCUT2D eigenvalue weighted by atomic mass is 35.5. The van der Waals surface area contributed by atoms with E-state index >= 15 is 0 Å². The fourth-order valence-electron chi connectivity index (χ4n) is 2.26. The van der Waals surface area contributed by atoms with Crippen LogP contribution in [0.25, 0.3) is 10.8 Å². The summed E-state index contributed by atoms with van der Waals surface area (Å²) in [7, 11) is 2.07. The van der Waals surface area contributed by atoms with Gasteiger partial charge in [-0.3, -0.25) is 0 Å². The number of hydrogen-bond acceptors (Lipinski definition) is 4. The van der Waals surface area contributed by atoms with Gasteiger partial charge in [-0.1, -0.05) is 41.4 Å². The molecule has 120 valence electrons. The molecule has 1 aromatic carbocycles. The van der Waals surface area contributed by atoms with Gasteiger partial charge in [0.25, 0.3) is 11.8 Å². The number of thiophene rings is 1. The Morgan fingerprint density at radius 1 is 1.22 bits per heavy atom. The Labute approximate surface area is 148 Å². The molecule has 2 heterocycles. The Kier molecular flexibility index (Phi) is 5.02. The predicted octanol–water partition coefficient (Wildman–Crippen LogP) is 3.88. The molecule has 0 saturated heterocycles. The molecule has 0 saturated carbocycles. The largest absolute Gasteiger partial charge is 0.414 e. The van der Waals surface area contributed by atoms with E-state index in [0.717, 1.165) is 17.0 Å². The Balaban J connectivity index is 1.75. The Morgan fingerprint density at radius 3 is 2.78 bits per heavy atom. The van der Waals surface area contributed by atoms with Crippen molar-refractivity contribution in [3.05, 3.63) is 57.2 Å². The van der Waals surface area contributed by atoms with Crippen LogP contribution in [0.1, 0.15) is 24.4 Å². The summed E-state index contributed by atoms with van der Waals surface area (Å²) >= 11 is 13.9. The molecule has 3 aromatic rings. The van der Waals surface area contributed by atoms with Crippen LogP contribution in [0, 0.1) is 0 Å². The molecule has 1 unspecified atom stereocenters. The van der Waals surface area contributed by atoms with E-state index in [-0.39, 0.29) is 6.04 Å². The number of rotatable bonds is 5. The first-order valence-electron chi connectivity index (χ1n) is 7.18. The summed E-state index contributed by atoms with van der Waals surface area (Å²) < 4.78 is 5.81. The second-order valence-corrected chi connectivity index (χ2v) is 7.11. The van der Waals surface area contributed by atoms with Gasteiger partial charge >= 0.3 is 0 Å². The van der Waals surface area contributed by atoms with Crippen LogP contribution in [0.2, 0.25) is 10.0 Å². The van der Waals surface area contributed by atoms with Crippen LogP contribution >= 0.6 is 34.5 Å². The van der Waals surface area contributed by atoms with Gasteiger partial charge in [0.1, 0.15) is 6.54 Å². The van der Waals surface area contributed by atoms with Gasteiger partial charge in [-0.05, 0) is 24.4 Å². The molecule has 3 rings (SSSR count). The maximum atomic E-state index is 6.26. The van der Waals surface area contributed by atoms with Gasteiger partial charge in [-0.2, -0.15) is 0 Å². The van der Waals surface area contributed by atoms with Gasteiger partial charge in [-0.25, -0.2) is 0 Å². The number of quaternary nitrogens is 1. The third kappa shape index (κ3) is 3.58. The minimum atomic E-state index is 0.0475. The number of hydrogen-bond donors (Lipinski definition) is 1. The van der Waals surface area contributed by atoms with Crippen molar-refractivity contribution >= 4 is 34.5 Å². The van der Waals surface area contributed by atoms with Crippen molar-refractivity contribution in [2.45, 2.75) is 19.5 Å². The highest BCUT2D eigenvalue weighted by Gasteiger charge is 2.23. The van der Waals surface area contributed by atoms with Crippen LogP contribution in [0.5, 0.6) is 0 Å². The van der Waals surface area contributed by atoms with Crippen LogP contribution in [0.15, 0.2) is 40.1 Å². The summed E-state index contributed by atoms with van der Waals surface area (Å²) in [5, 5.41) is 11.5. The molecule has 0 aliphatic heterocycles. The van der Waals surface area contributed by atoms with Crippen LogP contribution in [-0.4, -0.2) is 17.2 Å². The van der Waals surface area contributed by atoms with Crippen LogP contribution in [0.3, 0.4) is 0 Å². The molecule has 0 spiro atoms. The van der Waals surface area contributed by atoms with Gasteiger partial charge in [-0.15, -0.1) is 21.5 Å². The van der Waals surface area contributed by atoms with Crippen molar-refractivity contribution < 1.29 is 9.32 Å². The monoisotopic (exact) mass is 368 g/mol. The molecule has 23 heavy (non-hydrogen) atoms. The zero-order chi connectivity index (χ0) is 16.4. The lowest BCUT2D eigenvalue weighted by Crippen LogP contribution is -3.07. The van der Waals surface area contributed by atoms with E-state index in [2.05, 4.69) is 24.2 Å². The number of halogens is 2. The lowest BCUT2D eigenvalue weighted by Gasteiger charge is -2.19. The quantitative estimate of drug-likeness (QED) is 0.742. The second-order valence-electron chi connectivity index (χ2n) is 5.38. The molecule has 0 fully saturated rings. The first-order chi connectivity index (χ1) is 11.1. The van der Waals surface area contributed by atoms with Crippen molar-refractivity contribution in [1.29, 1.82) is 0 Å². The van der Waals surface area contributed by atoms with E-state index in [9.17, 15) is 0 Å². The number of nitrogens with one attached hydrogen (secondary N) is 1. The average Bonchev–Trinajstić information content (AvgIpc) is 3.21. The zero-order valence-corrected chi connectivity index (χ0v) is 15.0. The van der Waals surface area contributed by atoms with E-state index in [0.29, 0.717) is 21.8 Å². The third-order valence-electron chi connectivity index (χ3n) is 3.78. The standard InChI is InChI=1S/C16H15Cl2N3OS/c1-10(15-19-20-16(22-15)13-7-4-8-23-13)21(2)9-11-5-3-6-12(17)14(11)18/h3-8,10H,9H2,1-2H3/p+1/t10-/m0/s1. The lowest BCUT2D eigenvalue weighted by atomic mass is 10.2. The van der Waals surface area contributed by atoms with E-state index in [1.807, 2.05) is 29.6 Å². The van der Waals surface area contributed by atoms with E-state index < -0.39 is 0 Å². The number of nitrogens with zero attached hydrogens (tertiary/aromatic N) is 2. The maximum absolute atomic E-state index is 6.26. The summed E-state index contributed by atoms with van der Waals surface area (Å²) in [6.45, 7) is 2.77. The van der Waals surface area contributed by atoms with E-state index in [1.165, 1.54) is 4.90 Å². The van der Waals surface area contributed by atoms with Crippen molar-refractivity contribution in [1.82, 2.24) is 10.2 Å². The van der Waals surface area contributed by atoms with Crippen molar-refractivity contribution in [2.24, 2.45) is 0 Å². The molecule has 0 radical (unpaired) electrons.